The van der Waals surface area contributed by atoms with Crippen LogP contribution in [0.15, 0.2) is 41.7 Å². The molecule has 0 aliphatic heterocycles. The third kappa shape index (κ3) is 4.58. The van der Waals surface area contributed by atoms with Crippen molar-refractivity contribution in [3.63, 3.8) is 0 Å². The summed E-state index contributed by atoms with van der Waals surface area (Å²) in [4.78, 5) is 20.5. The average molecular weight is 340 g/mol. The van der Waals surface area contributed by atoms with Crippen molar-refractivity contribution in [1.29, 1.82) is 0 Å². The van der Waals surface area contributed by atoms with E-state index < -0.39 is 24.7 Å². The van der Waals surface area contributed by atoms with Crippen LogP contribution in [0.4, 0.5) is 13.2 Å². The zero-order valence-electron chi connectivity index (χ0n) is 12.7. The van der Waals surface area contributed by atoms with E-state index in [0.717, 1.165) is 10.8 Å². The van der Waals surface area contributed by atoms with Crippen LogP contribution in [-0.4, -0.2) is 35.6 Å². The number of carbonyl (C=O) groups is 1. The Morgan fingerprint density at radius 1 is 1.38 bits per heavy atom. The normalized spacial score (nSPS) is 13.6. The van der Waals surface area contributed by atoms with Crippen molar-refractivity contribution >= 4 is 22.5 Å². The number of amides is 1. The van der Waals surface area contributed by atoms with Crippen molar-refractivity contribution < 1.29 is 22.8 Å². The van der Waals surface area contributed by atoms with E-state index in [1.54, 1.807) is 29.7 Å². The van der Waals surface area contributed by atoms with Crippen LogP contribution in [0.25, 0.3) is 10.8 Å². The molecule has 0 aliphatic carbocycles. The van der Waals surface area contributed by atoms with E-state index in [2.05, 4.69) is 10.1 Å². The van der Waals surface area contributed by atoms with Crippen LogP contribution >= 0.6 is 0 Å². The Hall–Kier alpha value is -2.84. The molecule has 0 fully saturated rings. The third-order valence-electron chi connectivity index (χ3n) is 3.06. The first kappa shape index (κ1) is 17.5. The van der Waals surface area contributed by atoms with Crippen molar-refractivity contribution in [2.24, 2.45) is 10.9 Å². The summed E-state index contributed by atoms with van der Waals surface area (Å²) in [6.07, 6.45) is -4.19. The molecule has 0 radical (unpaired) electrons. The fourth-order valence-electron chi connectivity index (χ4n) is 1.88. The predicted molar refractivity (Wildman–Crippen MR) is 82.1 cm³/mol. The van der Waals surface area contributed by atoms with Gasteiger partial charge in [-0.3, -0.25) is 9.78 Å². The summed E-state index contributed by atoms with van der Waals surface area (Å²) in [5, 5.41) is 6.92. The molecular weight excluding hydrogens is 325 g/mol. The lowest BCUT2D eigenvalue weighted by atomic mass is 10.1. The van der Waals surface area contributed by atoms with E-state index in [9.17, 15) is 18.0 Å². The largest absolute Gasteiger partial charge is 0.405 e. The molecule has 6 nitrogen and oxygen atoms in total. The van der Waals surface area contributed by atoms with Crippen molar-refractivity contribution in [3.8, 4) is 0 Å². The standard InChI is InChI=1S/C15H15F3N4O2/c1-9(14(23)21-8-15(16,17)18)24-22-13(19)12-11-5-3-2-4-10(11)6-7-20-12/h2-7,9H,8H2,1H3,(H2,19,22)(H,21,23)/t9-/m1/s1. The van der Waals surface area contributed by atoms with Gasteiger partial charge in [-0.15, -0.1) is 0 Å². The smallest absolute Gasteiger partial charge is 0.381 e. The Morgan fingerprint density at radius 2 is 2.08 bits per heavy atom. The van der Waals surface area contributed by atoms with Crippen LogP contribution in [0, 0.1) is 0 Å². The number of oxime groups is 1. The summed E-state index contributed by atoms with van der Waals surface area (Å²) >= 11 is 0. The number of aromatic nitrogens is 1. The number of carbonyl (C=O) groups excluding carboxylic acids is 1. The highest BCUT2D eigenvalue weighted by molar-refractivity contribution is 6.06. The zero-order chi connectivity index (χ0) is 17.7. The molecule has 0 saturated carbocycles. The first-order chi connectivity index (χ1) is 11.3. The number of nitrogens with two attached hydrogens (primary N) is 1. The number of nitrogens with one attached hydrogen (secondary N) is 1. The van der Waals surface area contributed by atoms with Gasteiger partial charge in [-0.2, -0.15) is 13.2 Å². The number of rotatable bonds is 5. The maximum atomic E-state index is 12.1. The Labute approximate surface area is 135 Å². The second-order valence-corrected chi connectivity index (χ2v) is 4.94. The molecule has 1 heterocycles. The van der Waals surface area contributed by atoms with Gasteiger partial charge in [0.25, 0.3) is 5.91 Å². The van der Waals surface area contributed by atoms with Crippen molar-refractivity contribution in [3.05, 3.63) is 42.2 Å². The lowest BCUT2D eigenvalue weighted by molar-refractivity contribution is -0.145. The van der Waals surface area contributed by atoms with E-state index in [0.29, 0.717) is 5.69 Å². The molecule has 0 saturated heterocycles. The van der Waals surface area contributed by atoms with Gasteiger partial charge in [-0.05, 0) is 18.4 Å². The minimum Gasteiger partial charge on any atom is -0.381 e. The number of amidine groups is 1. The molecule has 24 heavy (non-hydrogen) atoms. The molecule has 1 aromatic heterocycles. The molecule has 0 spiro atoms. The van der Waals surface area contributed by atoms with Crippen molar-refractivity contribution in [2.45, 2.75) is 19.2 Å². The lowest BCUT2D eigenvalue weighted by Crippen LogP contribution is -2.39. The summed E-state index contributed by atoms with van der Waals surface area (Å²) in [6, 6.07) is 9.10. The molecule has 9 heteroatoms. The predicted octanol–water partition coefficient (Wildman–Crippen LogP) is 1.94. The number of hydrogen-bond donors (Lipinski definition) is 2. The second kappa shape index (κ2) is 7.16. The van der Waals surface area contributed by atoms with Crippen LogP contribution in [0.1, 0.15) is 12.6 Å². The van der Waals surface area contributed by atoms with Gasteiger partial charge in [-0.25, -0.2) is 0 Å². The van der Waals surface area contributed by atoms with Crippen LogP contribution in [0.5, 0.6) is 0 Å². The highest BCUT2D eigenvalue weighted by Gasteiger charge is 2.29. The number of halogens is 3. The molecule has 1 atom stereocenters. The number of hydrogen-bond acceptors (Lipinski definition) is 4. The molecule has 0 unspecified atom stereocenters. The SMILES string of the molecule is C[C@@H](O/N=C(\N)c1nccc2ccccc12)C(=O)NCC(F)(F)F. The van der Waals surface area contributed by atoms with Crippen molar-refractivity contribution in [2.75, 3.05) is 6.54 Å². The highest BCUT2D eigenvalue weighted by atomic mass is 19.4. The van der Waals surface area contributed by atoms with Crippen LogP contribution < -0.4 is 11.1 Å². The van der Waals surface area contributed by atoms with Gasteiger partial charge in [0.1, 0.15) is 12.2 Å². The van der Waals surface area contributed by atoms with E-state index in [1.165, 1.54) is 6.92 Å². The third-order valence-corrected chi connectivity index (χ3v) is 3.06. The molecule has 0 bridgehead atoms. The van der Waals surface area contributed by atoms with Gasteiger partial charge in [0, 0.05) is 11.6 Å². The van der Waals surface area contributed by atoms with Gasteiger partial charge in [0.15, 0.2) is 5.84 Å². The van der Waals surface area contributed by atoms with E-state index >= 15 is 0 Å². The first-order valence-electron chi connectivity index (χ1n) is 6.96. The Kier molecular flexibility index (Phi) is 5.22. The number of pyridine rings is 1. The summed E-state index contributed by atoms with van der Waals surface area (Å²) in [5.41, 5.74) is 6.16. The summed E-state index contributed by atoms with van der Waals surface area (Å²) < 4.78 is 36.2. The van der Waals surface area contributed by atoms with Crippen LogP contribution in [-0.2, 0) is 9.63 Å². The molecule has 2 aromatic rings. The quantitative estimate of drug-likeness (QED) is 0.494. The molecule has 1 aromatic carbocycles. The number of fused-ring (bicyclic) bond motifs is 1. The Bertz CT molecular complexity index is 756. The Morgan fingerprint density at radius 3 is 2.79 bits per heavy atom. The first-order valence-corrected chi connectivity index (χ1v) is 6.96. The fourth-order valence-corrected chi connectivity index (χ4v) is 1.88. The fraction of sp³-hybridized carbons (Fsp3) is 0.267. The molecule has 3 N–H and O–H groups in total. The van der Waals surface area contributed by atoms with Gasteiger partial charge >= 0.3 is 6.18 Å². The van der Waals surface area contributed by atoms with Gasteiger partial charge in [-0.1, -0.05) is 29.4 Å². The van der Waals surface area contributed by atoms with Crippen LogP contribution in [0.3, 0.4) is 0 Å². The van der Waals surface area contributed by atoms with Gasteiger partial charge < -0.3 is 15.9 Å². The van der Waals surface area contributed by atoms with E-state index in [-0.39, 0.29) is 5.84 Å². The van der Waals surface area contributed by atoms with Crippen LogP contribution in [0.2, 0.25) is 0 Å². The maximum absolute atomic E-state index is 12.1. The number of nitrogens with zero attached hydrogens (tertiary/aromatic N) is 2. The molecule has 128 valence electrons. The highest BCUT2D eigenvalue weighted by Crippen LogP contribution is 2.16. The molecule has 1 amide bonds. The molecule has 2 rings (SSSR count). The van der Waals surface area contributed by atoms with E-state index in [1.807, 2.05) is 12.1 Å². The summed E-state index contributed by atoms with van der Waals surface area (Å²) in [7, 11) is 0. The minimum atomic E-state index is -4.50. The second-order valence-electron chi connectivity index (χ2n) is 4.94. The minimum absolute atomic E-state index is 0.0812. The number of benzene rings is 1. The number of alkyl halides is 3. The zero-order valence-corrected chi connectivity index (χ0v) is 12.7. The van der Waals surface area contributed by atoms with Gasteiger partial charge in [0.2, 0.25) is 6.10 Å². The van der Waals surface area contributed by atoms with E-state index in [4.69, 9.17) is 10.6 Å². The summed E-state index contributed by atoms with van der Waals surface area (Å²) in [5.74, 6) is -1.03. The average Bonchev–Trinajstić information content (AvgIpc) is 2.56. The molecule has 0 aliphatic rings. The maximum Gasteiger partial charge on any atom is 0.405 e. The molecular formula is C15H15F3N4O2. The lowest BCUT2D eigenvalue weighted by Gasteiger charge is -2.12. The summed E-state index contributed by atoms with van der Waals surface area (Å²) in [6.45, 7) is -0.178. The van der Waals surface area contributed by atoms with Gasteiger partial charge in [0.05, 0.1) is 0 Å². The topological polar surface area (TPSA) is 89.6 Å². The Balaban J connectivity index is 2.06. The van der Waals surface area contributed by atoms with Crippen molar-refractivity contribution in [1.82, 2.24) is 10.3 Å². The monoisotopic (exact) mass is 340 g/mol.